The van der Waals surface area contributed by atoms with E-state index in [0.717, 1.165) is 10.1 Å². The van der Waals surface area contributed by atoms with Crippen molar-refractivity contribution in [3.8, 4) is 16.9 Å². The number of rotatable bonds is 7. The zero-order valence-electron chi connectivity index (χ0n) is 19.1. The number of aryl methyl sites for hydroxylation is 2. The van der Waals surface area contributed by atoms with E-state index in [2.05, 4.69) is 21.2 Å². The standard InChI is InChI=1S/C24H24BrN3O6/c1-13-9-14(5-7-16(13)18-12-27(2)24(33)28(3)22(18)30)10-20(23(31)32)26-21(29)17-11-15(34-4)6-8-19(17)25/h5-9,11-12,20H,10H2,1-4H3,(H,26,29)(H,31,32)/t20-/m0/s1. The Hall–Kier alpha value is -3.66. The van der Waals surface area contributed by atoms with Crippen LogP contribution in [0.3, 0.4) is 0 Å². The van der Waals surface area contributed by atoms with Gasteiger partial charge < -0.3 is 19.7 Å². The lowest BCUT2D eigenvalue weighted by Gasteiger charge is -2.17. The number of methoxy groups -OCH3 is 1. The van der Waals surface area contributed by atoms with Gasteiger partial charge in [-0.2, -0.15) is 0 Å². The summed E-state index contributed by atoms with van der Waals surface area (Å²) in [5.74, 6) is -1.27. The first-order valence-electron chi connectivity index (χ1n) is 10.3. The van der Waals surface area contributed by atoms with Crippen molar-refractivity contribution in [3.63, 3.8) is 0 Å². The second-order valence-corrected chi connectivity index (χ2v) is 8.72. The van der Waals surface area contributed by atoms with E-state index in [1.165, 1.54) is 31.0 Å². The molecule has 3 aromatic rings. The molecule has 0 saturated heterocycles. The fourth-order valence-electron chi connectivity index (χ4n) is 3.63. The Morgan fingerprint density at radius 2 is 1.82 bits per heavy atom. The first-order valence-corrected chi connectivity index (χ1v) is 11.1. The van der Waals surface area contributed by atoms with Gasteiger partial charge in [0.15, 0.2) is 0 Å². The third kappa shape index (κ3) is 5.12. The molecule has 34 heavy (non-hydrogen) atoms. The number of aromatic nitrogens is 2. The first-order chi connectivity index (χ1) is 16.0. The molecule has 2 N–H and O–H groups in total. The van der Waals surface area contributed by atoms with Gasteiger partial charge in [-0.05, 0) is 57.7 Å². The van der Waals surface area contributed by atoms with Crippen molar-refractivity contribution in [1.29, 1.82) is 0 Å². The van der Waals surface area contributed by atoms with E-state index in [1.807, 2.05) is 0 Å². The molecule has 0 bridgehead atoms. The normalized spacial score (nSPS) is 11.7. The van der Waals surface area contributed by atoms with Crippen molar-refractivity contribution < 1.29 is 19.4 Å². The number of aliphatic carboxylic acids is 1. The zero-order chi connectivity index (χ0) is 25.2. The molecule has 9 nitrogen and oxygen atoms in total. The molecule has 0 spiro atoms. The van der Waals surface area contributed by atoms with Crippen molar-refractivity contribution >= 4 is 27.8 Å². The van der Waals surface area contributed by atoms with Gasteiger partial charge in [0.25, 0.3) is 11.5 Å². The van der Waals surface area contributed by atoms with Crippen LogP contribution in [-0.4, -0.2) is 39.3 Å². The lowest BCUT2D eigenvalue weighted by molar-refractivity contribution is -0.139. The van der Waals surface area contributed by atoms with Crippen LogP contribution in [0.15, 0.2) is 56.7 Å². The summed E-state index contributed by atoms with van der Waals surface area (Å²) in [6, 6.07) is 8.85. The first kappa shape index (κ1) is 25.0. The molecule has 178 valence electrons. The van der Waals surface area contributed by atoms with Crippen LogP contribution in [0.1, 0.15) is 21.5 Å². The molecule has 3 rings (SSSR count). The number of nitrogens with zero attached hydrogens (tertiary/aromatic N) is 2. The summed E-state index contributed by atoms with van der Waals surface area (Å²) < 4.78 is 8.01. The van der Waals surface area contributed by atoms with E-state index in [9.17, 15) is 24.3 Å². The predicted octanol–water partition coefficient (Wildman–Crippen LogP) is 2.26. The summed E-state index contributed by atoms with van der Waals surface area (Å²) in [7, 11) is 4.45. The number of carbonyl (C=O) groups is 2. The highest BCUT2D eigenvalue weighted by atomic mass is 79.9. The molecule has 10 heteroatoms. The summed E-state index contributed by atoms with van der Waals surface area (Å²) in [4.78, 5) is 49.2. The van der Waals surface area contributed by atoms with E-state index in [-0.39, 0.29) is 12.0 Å². The fraction of sp³-hybridized carbons (Fsp3) is 0.250. The molecule has 0 aliphatic carbocycles. The maximum atomic E-state index is 12.7. The van der Waals surface area contributed by atoms with Crippen LogP contribution < -0.4 is 21.3 Å². The topological polar surface area (TPSA) is 120 Å². The van der Waals surface area contributed by atoms with Crippen LogP contribution in [0, 0.1) is 6.92 Å². The van der Waals surface area contributed by atoms with Crippen molar-refractivity contribution in [3.05, 3.63) is 84.6 Å². The summed E-state index contributed by atoms with van der Waals surface area (Å²) >= 11 is 3.30. The van der Waals surface area contributed by atoms with Crippen LogP contribution >= 0.6 is 15.9 Å². The maximum Gasteiger partial charge on any atom is 0.330 e. The summed E-state index contributed by atoms with van der Waals surface area (Å²) in [5.41, 5.74) is 1.81. The number of carboxylic acids is 1. The summed E-state index contributed by atoms with van der Waals surface area (Å²) in [6.07, 6.45) is 1.52. The minimum atomic E-state index is -1.18. The van der Waals surface area contributed by atoms with Crippen molar-refractivity contribution in [1.82, 2.24) is 14.5 Å². The van der Waals surface area contributed by atoms with E-state index >= 15 is 0 Å². The number of nitrogens with one attached hydrogen (secondary N) is 1. The number of halogens is 1. The van der Waals surface area contributed by atoms with Gasteiger partial charge in [-0.1, -0.05) is 18.2 Å². The predicted molar refractivity (Wildman–Crippen MR) is 130 cm³/mol. The van der Waals surface area contributed by atoms with E-state index in [1.54, 1.807) is 44.3 Å². The summed E-state index contributed by atoms with van der Waals surface area (Å²) in [6.45, 7) is 1.80. The second-order valence-electron chi connectivity index (χ2n) is 7.86. The van der Waals surface area contributed by atoms with E-state index in [0.29, 0.717) is 26.9 Å². The third-order valence-electron chi connectivity index (χ3n) is 5.49. The van der Waals surface area contributed by atoms with Gasteiger partial charge in [0.1, 0.15) is 11.8 Å². The Bertz CT molecular complexity index is 1390. The van der Waals surface area contributed by atoms with Crippen LogP contribution in [-0.2, 0) is 25.3 Å². The molecule has 0 aliphatic rings. The number of amides is 1. The molecule has 1 atom stereocenters. The second kappa shape index (κ2) is 10.1. The number of hydrogen-bond donors (Lipinski definition) is 2. The van der Waals surface area contributed by atoms with Gasteiger partial charge in [-0.15, -0.1) is 0 Å². The monoisotopic (exact) mass is 529 g/mol. The Morgan fingerprint density at radius 1 is 1.12 bits per heavy atom. The van der Waals surface area contributed by atoms with E-state index in [4.69, 9.17) is 4.74 Å². The van der Waals surface area contributed by atoms with Gasteiger partial charge in [-0.25, -0.2) is 9.59 Å². The fourth-order valence-corrected chi connectivity index (χ4v) is 4.05. The van der Waals surface area contributed by atoms with Crippen LogP contribution in [0.25, 0.3) is 11.1 Å². The highest BCUT2D eigenvalue weighted by Gasteiger charge is 2.23. The van der Waals surface area contributed by atoms with Gasteiger partial charge in [0.2, 0.25) is 0 Å². The molecule has 1 amide bonds. The third-order valence-corrected chi connectivity index (χ3v) is 6.18. The minimum Gasteiger partial charge on any atom is -0.497 e. The molecule has 1 aromatic heterocycles. The molecule has 0 unspecified atom stereocenters. The molecule has 0 fully saturated rings. The van der Waals surface area contributed by atoms with Crippen molar-refractivity contribution in [2.45, 2.75) is 19.4 Å². The zero-order valence-corrected chi connectivity index (χ0v) is 20.7. The average molecular weight is 530 g/mol. The van der Waals surface area contributed by atoms with Gasteiger partial charge in [0, 0.05) is 31.2 Å². The number of ether oxygens (including phenoxy) is 1. The summed E-state index contributed by atoms with van der Waals surface area (Å²) in [5, 5.41) is 12.3. The van der Waals surface area contributed by atoms with Gasteiger partial charge in [-0.3, -0.25) is 14.2 Å². The Balaban J connectivity index is 1.87. The van der Waals surface area contributed by atoms with Gasteiger partial charge >= 0.3 is 11.7 Å². The highest BCUT2D eigenvalue weighted by molar-refractivity contribution is 9.10. The molecule has 0 aliphatic heterocycles. The lowest BCUT2D eigenvalue weighted by atomic mass is 9.97. The number of hydrogen-bond acceptors (Lipinski definition) is 5. The van der Waals surface area contributed by atoms with E-state index < -0.39 is 29.2 Å². The van der Waals surface area contributed by atoms with Crippen molar-refractivity contribution in [2.24, 2.45) is 14.1 Å². The van der Waals surface area contributed by atoms with Crippen LogP contribution in [0.5, 0.6) is 5.75 Å². The minimum absolute atomic E-state index is 0.0368. The average Bonchev–Trinajstić information content (AvgIpc) is 2.80. The van der Waals surface area contributed by atoms with Gasteiger partial charge in [0.05, 0.1) is 18.2 Å². The quantitative estimate of drug-likeness (QED) is 0.484. The Morgan fingerprint density at radius 3 is 2.44 bits per heavy atom. The molecule has 2 aromatic carbocycles. The van der Waals surface area contributed by atoms with Crippen molar-refractivity contribution in [2.75, 3.05) is 7.11 Å². The largest absolute Gasteiger partial charge is 0.497 e. The number of carboxylic acid groups (broad SMARTS) is 1. The lowest BCUT2D eigenvalue weighted by Crippen LogP contribution is -2.42. The molecule has 1 heterocycles. The molecule has 0 saturated carbocycles. The number of carbonyl (C=O) groups excluding carboxylic acids is 1. The number of benzene rings is 2. The SMILES string of the molecule is COc1ccc(Br)c(C(=O)N[C@@H](Cc2ccc(-c3cn(C)c(=O)n(C)c3=O)c(C)c2)C(=O)O)c1. The smallest absolute Gasteiger partial charge is 0.330 e. The maximum absolute atomic E-state index is 12.7. The molecular formula is C24H24BrN3O6. The van der Waals surface area contributed by atoms with Crippen LogP contribution in [0.2, 0.25) is 0 Å². The Labute approximate surface area is 203 Å². The van der Waals surface area contributed by atoms with Crippen LogP contribution in [0.4, 0.5) is 0 Å². The molecular weight excluding hydrogens is 506 g/mol. The Kier molecular flexibility index (Phi) is 7.41. The highest BCUT2D eigenvalue weighted by Crippen LogP contribution is 2.24. The molecule has 0 radical (unpaired) electrons.